The molecule has 0 aliphatic heterocycles. The molecule has 0 heterocycles. The molecule has 0 unspecified atom stereocenters. The van der Waals surface area contributed by atoms with Crippen molar-refractivity contribution < 1.29 is 18.8 Å². The molecule has 0 saturated carbocycles. The van der Waals surface area contributed by atoms with Crippen molar-refractivity contribution in [3.63, 3.8) is 0 Å². The van der Waals surface area contributed by atoms with E-state index >= 15 is 0 Å². The Hall–Kier alpha value is -1.46. The first-order valence-corrected chi connectivity index (χ1v) is 9.77. The average Bonchev–Trinajstić information content (AvgIpc) is 2.39. The van der Waals surface area contributed by atoms with Crippen LogP contribution in [-0.2, 0) is 18.8 Å². The Morgan fingerprint density at radius 1 is 1.19 bits per heavy atom. The first-order valence-electron chi connectivity index (χ1n) is 6.86. The first kappa shape index (κ1) is 19.5. The van der Waals surface area contributed by atoms with Crippen molar-refractivity contribution >= 4 is 20.6 Å². The summed E-state index contributed by atoms with van der Waals surface area (Å²) in [6.07, 6.45) is 8.61. The van der Waals surface area contributed by atoms with E-state index in [1.807, 2.05) is 6.08 Å². The molecule has 21 heavy (non-hydrogen) atoms. The second-order valence-electron chi connectivity index (χ2n) is 6.11. The molecule has 0 aromatic rings. The summed E-state index contributed by atoms with van der Waals surface area (Å²) in [5.41, 5.74) is 0.211. The van der Waals surface area contributed by atoms with Crippen molar-refractivity contribution in [2.24, 2.45) is 0 Å². The molecule has 0 aliphatic carbocycles. The predicted octanol–water partition coefficient (Wildman–Crippen LogP) is 3.42. The zero-order valence-electron chi connectivity index (χ0n) is 13.8. The lowest BCUT2D eigenvalue weighted by atomic mass is 10.2. The Morgan fingerprint density at radius 3 is 2.29 bits per heavy atom. The van der Waals surface area contributed by atoms with Crippen LogP contribution in [0, 0.1) is 0 Å². The van der Waals surface area contributed by atoms with Gasteiger partial charge >= 0.3 is 5.97 Å². The molecule has 0 aliphatic rings. The van der Waals surface area contributed by atoms with Gasteiger partial charge in [-0.2, -0.15) is 0 Å². The van der Waals surface area contributed by atoms with Gasteiger partial charge in [0.15, 0.2) is 8.32 Å². The normalized spacial score (nSPS) is 13.9. The summed E-state index contributed by atoms with van der Waals surface area (Å²) < 4.78 is 10.5. The average molecular weight is 310 g/mol. The second kappa shape index (κ2) is 8.74. The molecule has 0 amide bonds. The molecule has 0 rings (SSSR count). The minimum absolute atomic E-state index is 0.182. The fourth-order valence-corrected chi connectivity index (χ4v) is 2.09. The van der Waals surface area contributed by atoms with Crippen molar-refractivity contribution in [1.29, 1.82) is 0 Å². The van der Waals surface area contributed by atoms with Crippen molar-refractivity contribution in [3.8, 4) is 0 Å². The molecule has 0 spiro atoms. The van der Waals surface area contributed by atoms with Crippen molar-refractivity contribution in [3.05, 3.63) is 36.0 Å². The second-order valence-corrected chi connectivity index (χ2v) is 10.9. The molecule has 0 N–H and O–H groups in total. The van der Waals surface area contributed by atoms with Crippen molar-refractivity contribution in [2.45, 2.75) is 38.9 Å². The highest BCUT2D eigenvalue weighted by Gasteiger charge is 2.36. The largest absolute Gasteiger partial charge is 0.465 e. The zero-order valence-corrected chi connectivity index (χ0v) is 14.8. The lowest BCUT2D eigenvalue weighted by molar-refractivity contribution is -0.135. The van der Waals surface area contributed by atoms with Crippen LogP contribution in [0.3, 0.4) is 0 Å². The molecule has 0 aromatic carbocycles. The molecule has 0 radical (unpaired) electrons. The maximum absolute atomic E-state index is 11.3. The van der Waals surface area contributed by atoms with E-state index in [1.54, 1.807) is 12.2 Å². The van der Waals surface area contributed by atoms with Gasteiger partial charge in [0.25, 0.3) is 0 Å². The fourth-order valence-electron chi connectivity index (χ4n) is 1.15. The van der Waals surface area contributed by atoms with Gasteiger partial charge < -0.3 is 9.16 Å². The number of hydrogen-bond acceptors (Lipinski definition) is 4. The molecule has 118 valence electrons. The topological polar surface area (TPSA) is 52.6 Å². The molecular weight excluding hydrogens is 284 g/mol. The number of methoxy groups -OCH3 is 1. The number of esters is 1. The SMILES string of the molecule is COC(=O)C(=C\C=O)/C=C/C=C/CO[Si](C)(C)C(C)(C)C. The van der Waals surface area contributed by atoms with Gasteiger partial charge in [-0.3, -0.25) is 4.79 Å². The fraction of sp³-hybridized carbons (Fsp3) is 0.500. The Kier molecular flexibility index (Phi) is 8.13. The summed E-state index contributed by atoms with van der Waals surface area (Å²) in [5, 5.41) is 0.182. The summed E-state index contributed by atoms with van der Waals surface area (Å²) in [5.74, 6) is -0.538. The van der Waals surface area contributed by atoms with E-state index in [2.05, 4.69) is 38.6 Å². The molecular formula is C16H26O4Si. The Balaban J connectivity index is 4.47. The van der Waals surface area contributed by atoms with Gasteiger partial charge in [-0.25, -0.2) is 4.79 Å². The minimum atomic E-state index is -1.73. The van der Waals surface area contributed by atoms with Gasteiger partial charge in [0.05, 0.1) is 19.3 Å². The minimum Gasteiger partial charge on any atom is -0.465 e. The number of carbonyl (C=O) groups excluding carboxylic acids is 2. The molecule has 5 heteroatoms. The van der Waals surface area contributed by atoms with Crippen LogP contribution in [0.15, 0.2) is 36.0 Å². The van der Waals surface area contributed by atoms with Crippen LogP contribution < -0.4 is 0 Å². The van der Waals surface area contributed by atoms with Gasteiger partial charge in [0, 0.05) is 0 Å². The molecule has 0 atom stereocenters. The van der Waals surface area contributed by atoms with Crippen LogP contribution in [0.5, 0.6) is 0 Å². The Morgan fingerprint density at radius 2 is 1.81 bits per heavy atom. The van der Waals surface area contributed by atoms with Crippen LogP contribution in [0.2, 0.25) is 18.1 Å². The lowest BCUT2D eigenvalue weighted by Crippen LogP contribution is -2.40. The number of allylic oxidation sites excluding steroid dienone is 3. The summed E-state index contributed by atoms with van der Waals surface area (Å²) in [7, 11) is -0.455. The number of aldehydes is 1. The maximum Gasteiger partial charge on any atom is 0.337 e. The van der Waals surface area contributed by atoms with Crippen molar-refractivity contribution in [1.82, 2.24) is 0 Å². The third-order valence-electron chi connectivity index (χ3n) is 3.54. The van der Waals surface area contributed by atoms with E-state index < -0.39 is 14.3 Å². The number of ether oxygens (including phenoxy) is 1. The zero-order chi connectivity index (χ0) is 16.5. The Labute approximate surface area is 128 Å². The summed E-state index contributed by atoms with van der Waals surface area (Å²) in [6.45, 7) is 11.5. The van der Waals surface area contributed by atoms with Gasteiger partial charge in [0.1, 0.15) is 6.29 Å². The number of rotatable bonds is 7. The quantitative estimate of drug-likeness (QED) is 0.238. The van der Waals surface area contributed by atoms with E-state index in [1.165, 1.54) is 19.3 Å². The van der Waals surface area contributed by atoms with Gasteiger partial charge in [-0.1, -0.05) is 39.0 Å². The molecule has 4 nitrogen and oxygen atoms in total. The number of hydrogen-bond donors (Lipinski definition) is 0. The summed E-state index contributed by atoms with van der Waals surface area (Å²) in [4.78, 5) is 21.7. The van der Waals surface area contributed by atoms with Gasteiger partial charge in [-0.15, -0.1) is 0 Å². The highest BCUT2D eigenvalue weighted by Crippen LogP contribution is 2.36. The molecule has 0 aromatic heterocycles. The standard InChI is InChI=1S/C16H26O4Si/c1-16(2,3)21(5,6)20-13-9-7-8-10-14(11-12-17)15(18)19-4/h7-12H,13H2,1-6H3/b9-7+,10-8+,14-11-. The monoisotopic (exact) mass is 310 g/mol. The van der Waals surface area contributed by atoms with E-state index in [9.17, 15) is 9.59 Å². The van der Waals surface area contributed by atoms with Gasteiger partial charge in [-0.05, 0) is 30.3 Å². The van der Waals surface area contributed by atoms with Gasteiger partial charge in [0.2, 0.25) is 0 Å². The highest BCUT2D eigenvalue weighted by molar-refractivity contribution is 6.74. The van der Waals surface area contributed by atoms with E-state index in [-0.39, 0.29) is 10.6 Å². The van der Waals surface area contributed by atoms with Crippen LogP contribution in [-0.4, -0.2) is 34.3 Å². The Bertz CT molecular complexity index is 440. The third-order valence-corrected chi connectivity index (χ3v) is 8.04. The van der Waals surface area contributed by atoms with Crippen molar-refractivity contribution in [2.75, 3.05) is 13.7 Å². The van der Waals surface area contributed by atoms with Crippen LogP contribution in [0.4, 0.5) is 0 Å². The summed E-state index contributed by atoms with van der Waals surface area (Å²) >= 11 is 0. The molecule has 0 saturated heterocycles. The van der Waals surface area contributed by atoms with E-state index in [0.29, 0.717) is 12.9 Å². The van der Waals surface area contributed by atoms with E-state index in [0.717, 1.165) is 0 Å². The predicted molar refractivity (Wildman–Crippen MR) is 87.6 cm³/mol. The maximum atomic E-state index is 11.3. The molecule has 0 bridgehead atoms. The lowest BCUT2D eigenvalue weighted by Gasteiger charge is -2.35. The number of carbonyl (C=O) groups is 2. The highest BCUT2D eigenvalue weighted by atomic mass is 28.4. The van der Waals surface area contributed by atoms with Crippen LogP contribution in [0.1, 0.15) is 20.8 Å². The first-order chi connectivity index (χ1) is 9.65. The third kappa shape index (κ3) is 7.20. The van der Waals surface area contributed by atoms with Crippen LogP contribution >= 0.6 is 0 Å². The summed E-state index contributed by atoms with van der Waals surface area (Å²) in [6, 6.07) is 0. The smallest absolute Gasteiger partial charge is 0.337 e. The molecule has 0 fully saturated rings. The van der Waals surface area contributed by atoms with Crippen LogP contribution in [0.25, 0.3) is 0 Å². The van der Waals surface area contributed by atoms with E-state index in [4.69, 9.17) is 4.43 Å².